The molecule has 1 N–H and O–H groups in total. The van der Waals surface area contributed by atoms with E-state index in [-0.39, 0.29) is 0 Å². The number of ether oxygens (including phenoxy) is 1. The molecular weight excluding hydrogens is 154 g/mol. The smallest absolute Gasteiger partial charge is 0.152 e. The molecule has 0 fully saturated rings. The Bertz CT molecular complexity index is 222. The molecule has 0 radical (unpaired) electrons. The molecule has 1 aromatic heterocycles. The fourth-order valence-electron chi connectivity index (χ4n) is 0.989. The van der Waals surface area contributed by atoms with Crippen LogP contribution in [0.2, 0.25) is 0 Å². The number of hydrogen-bond acceptors (Lipinski definition) is 3. The highest BCUT2D eigenvalue weighted by atomic mass is 16.5. The van der Waals surface area contributed by atoms with Gasteiger partial charge in [0.15, 0.2) is 5.82 Å². The Morgan fingerprint density at radius 1 is 1.42 bits per heavy atom. The molecule has 0 aliphatic heterocycles. The van der Waals surface area contributed by atoms with Crippen molar-refractivity contribution in [1.82, 2.24) is 15.2 Å². The number of aromatic nitrogens is 3. The Morgan fingerprint density at radius 2 is 2.25 bits per heavy atom. The molecule has 1 rings (SSSR count). The van der Waals surface area contributed by atoms with Crippen molar-refractivity contribution in [3.8, 4) is 0 Å². The van der Waals surface area contributed by atoms with Crippen LogP contribution in [0.4, 0.5) is 0 Å². The topological polar surface area (TPSA) is 50.8 Å². The zero-order valence-corrected chi connectivity index (χ0v) is 7.63. The van der Waals surface area contributed by atoms with Gasteiger partial charge in [-0.1, -0.05) is 6.92 Å². The van der Waals surface area contributed by atoms with Gasteiger partial charge in [0.25, 0.3) is 0 Å². The quantitative estimate of drug-likeness (QED) is 0.713. The molecule has 0 bridgehead atoms. The number of rotatable bonds is 5. The van der Waals surface area contributed by atoms with E-state index in [9.17, 15) is 0 Å². The van der Waals surface area contributed by atoms with Crippen molar-refractivity contribution in [1.29, 1.82) is 0 Å². The molecule has 0 aromatic carbocycles. The normalized spacial score (nSPS) is 10.5. The van der Waals surface area contributed by atoms with Gasteiger partial charge in [-0.2, -0.15) is 5.10 Å². The Kier molecular flexibility index (Phi) is 3.73. The Morgan fingerprint density at radius 3 is 2.92 bits per heavy atom. The summed E-state index contributed by atoms with van der Waals surface area (Å²) < 4.78 is 4.92. The molecule has 0 spiro atoms. The molecule has 0 aliphatic rings. The van der Waals surface area contributed by atoms with Crippen molar-refractivity contribution in [3.05, 3.63) is 11.6 Å². The third kappa shape index (κ3) is 2.62. The minimum Gasteiger partial charge on any atom is -0.384 e. The second-order valence-corrected chi connectivity index (χ2v) is 2.69. The summed E-state index contributed by atoms with van der Waals surface area (Å²) in [6.45, 7) is 2.81. The average Bonchev–Trinajstić information content (AvgIpc) is 2.50. The summed E-state index contributed by atoms with van der Waals surface area (Å²) in [5, 5.41) is 6.96. The number of methoxy groups -OCH3 is 1. The Balaban J connectivity index is 2.41. The number of hydrogen-bond donors (Lipinski definition) is 1. The van der Waals surface area contributed by atoms with E-state index in [0.717, 1.165) is 30.9 Å². The van der Waals surface area contributed by atoms with Crippen LogP contribution in [-0.2, 0) is 17.6 Å². The second kappa shape index (κ2) is 4.87. The number of H-pyrrole nitrogens is 1. The Hall–Kier alpha value is -0.900. The lowest BCUT2D eigenvalue weighted by Crippen LogP contribution is -1.96. The van der Waals surface area contributed by atoms with Gasteiger partial charge in [0, 0.05) is 20.0 Å². The molecule has 1 heterocycles. The Labute approximate surface area is 72.4 Å². The van der Waals surface area contributed by atoms with Gasteiger partial charge in [-0.15, -0.1) is 0 Å². The van der Waals surface area contributed by atoms with Crippen molar-refractivity contribution in [2.24, 2.45) is 0 Å². The fraction of sp³-hybridized carbons (Fsp3) is 0.750. The predicted octanol–water partition coefficient (Wildman–Crippen LogP) is 0.946. The number of nitrogens with zero attached hydrogens (tertiary/aromatic N) is 2. The van der Waals surface area contributed by atoms with Crippen molar-refractivity contribution in [2.45, 2.75) is 26.2 Å². The lowest BCUT2D eigenvalue weighted by Gasteiger charge is -1.91. The molecule has 0 saturated carbocycles. The first-order valence-corrected chi connectivity index (χ1v) is 4.26. The lowest BCUT2D eigenvalue weighted by atomic mass is 10.3. The van der Waals surface area contributed by atoms with Crippen LogP contribution >= 0.6 is 0 Å². The van der Waals surface area contributed by atoms with Gasteiger partial charge in [-0.05, 0) is 6.42 Å². The zero-order chi connectivity index (χ0) is 8.81. The number of aryl methyl sites for hydroxylation is 1. The van der Waals surface area contributed by atoms with Crippen LogP contribution in [0.3, 0.4) is 0 Å². The second-order valence-electron chi connectivity index (χ2n) is 2.69. The maximum Gasteiger partial charge on any atom is 0.152 e. The van der Waals surface area contributed by atoms with Gasteiger partial charge in [-0.3, -0.25) is 5.10 Å². The first-order valence-electron chi connectivity index (χ1n) is 4.26. The molecule has 1 aromatic rings. The highest BCUT2D eigenvalue weighted by Gasteiger charge is 2.00. The van der Waals surface area contributed by atoms with Crippen LogP contribution in [0.25, 0.3) is 0 Å². The summed E-state index contributed by atoms with van der Waals surface area (Å²) in [6, 6.07) is 0. The van der Waals surface area contributed by atoms with Crippen LogP contribution in [0, 0.1) is 0 Å². The fourth-order valence-corrected chi connectivity index (χ4v) is 0.989. The van der Waals surface area contributed by atoms with Crippen LogP contribution in [0.1, 0.15) is 25.0 Å². The van der Waals surface area contributed by atoms with E-state index in [1.807, 2.05) is 0 Å². The molecule has 0 amide bonds. The molecule has 4 heteroatoms. The minimum absolute atomic E-state index is 0.684. The maximum absolute atomic E-state index is 4.92. The van der Waals surface area contributed by atoms with Gasteiger partial charge in [0.1, 0.15) is 5.82 Å². The molecular formula is C8H15N3O. The minimum atomic E-state index is 0.684. The third-order valence-corrected chi connectivity index (χ3v) is 1.59. The largest absolute Gasteiger partial charge is 0.384 e. The summed E-state index contributed by atoms with van der Waals surface area (Å²) in [5.74, 6) is 1.82. The molecule has 0 unspecified atom stereocenters. The van der Waals surface area contributed by atoms with Crippen LogP contribution in [-0.4, -0.2) is 28.9 Å². The van der Waals surface area contributed by atoms with Crippen LogP contribution < -0.4 is 0 Å². The van der Waals surface area contributed by atoms with E-state index in [0.29, 0.717) is 6.61 Å². The average molecular weight is 169 g/mol. The third-order valence-electron chi connectivity index (χ3n) is 1.59. The summed E-state index contributed by atoms with van der Waals surface area (Å²) in [6.07, 6.45) is 2.86. The van der Waals surface area contributed by atoms with Crippen molar-refractivity contribution in [3.63, 3.8) is 0 Å². The summed E-state index contributed by atoms with van der Waals surface area (Å²) in [4.78, 5) is 4.29. The number of aromatic amines is 1. The van der Waals surface area contributed by atoms with Gasteiger partial charge >= 0.3 is 0 Å². The zero-order valence-electron chi connectivity index (χ0n) is 7.63. The predicted molar refractivity (Wildman–Crippen MR) is 46.0 cm³/mol. The molecule has 12 heavy (non-hydrogen) atoms. The van der Waals surface area contributed by atoms with Crippen molar-refractivity contribution in [2.75, 3.05) is 13.7 Å². The first kappa shape index (κ1) is 9.19. The standard InChI is InChI=1S/C8H15N3O/c1-3-4-7-9-8(11-10-7)5-6-12-2/h3-6H2,1-2H3,(H,9,10,11). The summed E-state index contributed by atoms with van der Waals surface area (Å²) in [5.41, 5.74) is 0. The van der Waals surface area contributed by atoms with Gasteiger partial charge < -0.3 is 4.74 Å². The van der Waals surface area contributed by atoms with Crippen LogP contribution in [0.5, 0.6) is 0 Å². The van der Waals surface area contributed by atoms with Gasteiger partial charge in [0.2, 0.25) is 0 Å². The van der Waals surface area contributed by atoms with E-state index < -0.39 is 0 Å². The van der Waals surface area contributed by atoms with Crippen LogP contribution in [0.15, 0.2) is 0 Å². The lowest BCUT2D eigenvalue weighted by molar-refractivity contribution is 0.200. The van der Waals surface area contributed by atoms with Gasteiger partial charge in [-0.25, -0.2) is 4.98 Å². The first-order chi connectivity index (χ1) is 5.86. The molecule has 4 nitrogen and oxygen atoms in total. The summed E-state index contributed by atoms with van der Waals surface area (Å²) >= 11 is 0. The van der Waals surface area contributed by atoms with E-state index in [1.54, 1.807) is 7.11 Å². The molecule has 68 valence electrons. The van der Waals surface area contributed by atoms with E-state index in [1.165, 1.54) is 0 Å². The SMILES string of the molecule is CCCc1nc(CCOC)n[nH]1. The number of nitrogens with one attached hydrogen (secondary N) is 1. The monoisotopic (exact) mass is 169 g/mol. The van der Waals surface area contributed by atoms with E-state index in [4.69, 9.17) is 4.74 Å². The van der Waals surface area contributed by atoms with E-state index >= 15 is 0 Å². The highest BCUT2D eigenvalue weighted by molar-refractivity contribution is 4.90. The van der Waals surface area contributed by atoms with Gasteiger partial charge in [0.05, 0.1) is 6.61 Å². The summed E-state index contributed by atoms with van der Waals surface area (Å²) in [7, 11) is 1.68. The maximum atomic E-state index is 4.92. The highest BCUT2D eigenvalue weighted by Crippen LogP contribution is 1.96. The molecule has 0 saturated heterocycles. The molecule has 0 aliphatic carbocycles. The molecule has 0 atom stereocenters. The van der Waals surface area contributed by atoms with E-state index in [2.05, 4.69) is 22.1 Å². The van der Waals surface area contributed by atoms with Crippen molar-refractivity contribution >= 4 is 0 Å². The van der Waals surface area contributed by atoms with Crippen molar-refractivity contribution < 1.29 is 4.74 Å².